The van der Waals surface area contributed by atoms with Gasteiger partial charge in [-0.2, -0.15) is 13.2 Å². The average Bonchev–Trinajstić information content (AvgIpc) is 2.28. The van der Waals surface area contributed by atoms with Crippen LogP contribution in [0.3, 0.4) is 0 Å². The lowest BCUT2D eigenvalue weighted by molar-refractivity contribution is -0.187. The summed E-state index contributed by atoms with van der Waals surface area (Å²) in [5.74, 6) is -5.64. The summed E-state index contributed by atoms with van der Waals surface area (Å²) >= 11 is 0. The highest BCUT2D eigenvalue weighted by molar-refractivity contribution is 6.09. The highest BCUT2D eigenvalue weighted by Crippen LogP contribution is 2.30. The van der Waals surface area contributed by atoms with Gasteiger partial charge in [0.1, 0.15) is 0 Å². The number of hydrogen-bond acceptors (Lipinski definition) is 3. The molecule has 1 aromatic carbocycles. The molecule has 0 spiro atoms. The van der Waals surface area contributed by atoms with Crippen LogP contribution in [0.4, 0.5) is 13.2 Å². The molecule has 1 aromatic rings. The third-order valence-corrected chi connectivity index (χ3v) is 2.17. The maximum atomic E-state index is 12.7. The predicted octanol–water partition coefficient (Wildman–Crippen LogP) is 2.61. The molecule has 0 aliphatic rings. The summed E-state index contributed by atoms with van der Waals surface area (Å²) in [7, 11) is 0. The van der Waals surface area contributed by atoms with Crippen molar-refractivity contribution < 1.29 is 27.5 Å². The van der Waals surface area contributed by atoms with E-state index in [0.29, 0.717) is 0 Å². The quantitative estimate of drug-likeness (QED) is 0.475. The second kappa shape index (κ2) is 5.66. The van der Waals surface area contributed by atoms with Gasteiger partial charge in [0.15, 0.2) is 5.78 Å². The summed E-state index contributed by atoms with van der Waals surface area (Å²) in [4.78, 5) is 22.9. The van der Waals surface area contributed by atoms with Crippen molar-refractivity contribution in [1.29, 1.82) is 0 Å². The van der Waals surface area contributed by atoms with E-state index in [1.54, 1.807) is 6.07 Å². The highest BCUT2D eigenvalue weighted by atomic mass is 19.4. The van der Waals surface area contributed by atoms with Crippen LogP contribution in [-0.2, 0) is 9.53 Å². The van der Waals surface area contributed by atoms with E-state index in [0.717, 1.165) is 0 Å². The molecule has 1 rings (SSSR count). The van der Waals surface area contributed by atoms with Crippen LogP contribution in [0.2, 0.25) is 0 Å². The van der Waals surface area contributed by atoms with Gasteiger partial charge in [-0.25, -0.2) is 0 Å². The zero-order valence-corrected chi connectivity index (χ0v) is 9.53. The maximum absolute atomic E-state index is 12.7. The topological polar surface area (TPSA) is 43.4 Å². The molecule has 3 nitrogen and oxygen atoms in total. The number of carbonyl (C=O) groups is 2. The first-order chi connectivity index (χ1) is 8.38. The Balaban J connectivity index is 3.05. The zero-order valence-electron chi connectivity index (χ0n) is 9.53. The van der Waals surface area contributed by atoms with Crippen molar-refractivity contribution in [3.63, 3.8) is 0 Å². The van der Waals surface area contributed by atoms with Crippen LogP contribution in [0, 0.1) is 5.92 Å². The molecule has 0 heterocycles. The minimum atomic E-state index is -4.96. The van der Waals surface area contributed by atoms with Gasteiger partial charge in [-0.3, -0.25) is 9.59 Å². The molecule has 6 heteroatoms. The van der Waals surface area contributed by atoms with Crippen molar-refractivity contribution in [3.05, 3.63) is 35.9 Å². The van der Waals surface area contributed by atoms with Gasteiger partial charge in [0.2, 0.25) is 5.92 Å². The van der Waals surface area contributed by atoms with Crippen LogP contribution in [0.25, 0.3) is 0 Å². The molecule has 0 aliphatic carbocycles. The minimum Gasteiger partial charge on any atom is -0.465 e. The lowest BCUT2D eigenvalue weighted by Crippen LogP contribution is -2.38. The number of rotatable bonds is 4. The number of carbonyl (C=O) groups excluding carboxylic acids is 2. The fraction of sp³-hybridized carbons (Fsp3) is 0.333. The van der Waals surface area contributed by atoms with Gasteiger partial charge in [0, 0.05) is 5.56 Å². The molecule has 98 valence electrons. The Kier molecular flexibility index (Phi) is 4.47. The molecular weight excluding hydrogens is 249 g/mol. The fourth-order valence-corrected chi connectivity index (χ4v) is 1.38. The first-order valence-corrected chi connectivity index (χ1v) is 5.20. The number of halogens is 3. The van der Waals surface area contributed by atoms with E-state index in [2.05, 4.69) is 4.74 Å². The van der Waals surface area contributed by atoms with Gasteiger partial charge < -0.3 is 4.74 Å². The number of hydrogen-bond donors (Lipinski definition) is 0. The lowest BCUT2D eigenvalue weighted by atomic mass is 9.97. The zero-order chi connectivity index (χ0) is 13.8. The van der Waals surface area contributed by atoms with Crippen molar-refractivity contribution >= 4 is 11.8 Å². The average molecular weight is 260 g/mol. The van der Waals surface area contributed by atoms with Gasteiger partial charge in [0.25, 0.3) is 0 Å². The number of benzene rings is 1. The Morgan fingerprint density at radius 2 is 1.78 bits per heavy atom. The van der Waals surface area contributed by atoms with Crippen molar-refractivity contribution in [2.75, 3.05) is 6.61 Å². The van der Waals surface area contributed by atoms with Gasteiger partial charge in [-0.1, -0.05) is 30.3 Å². The van der Waals surface area contributed by atoms with Crippen LogP contribution >= 0.6 is 0 Å². The molecule has 18 heavy (non-hydrogen) atoms. The summed E-state index contributed by atoms with van der Waals surface area (Å²) < 4.78 is 42.4. The van der Waals surface area contributed by atoms with E-state index in [1.807, 2.05) is 0 Å². The SMILES string of the molecule is CCOC(=O)C(C(=O)c1ccccc1)C(F)(F)F. The second-order valence-corrected chi connectivity index (χ2v) is 3.46. The Bertz CT molecular complexity index is 426. The first-order valence-electron chi connectivity index (χ1n) is 5.20. The molecule has 1 unspecified atom stereocenters. The Labute approximate surface area is 102 Å². The smallest absolute Gasteiger partial charge is 0.409 e. The summed E-state index contributed by atoms with van der Waals surface area (Å²) in [6.45, 7) is 1.16. The molecule has 0 saturated heterocycles. The van der Waals surface area contributed by atoms with Crippen LogP contribution in [-0.4, -0.2) is 24.5 Å². The standard InChI is InChI=1S/C12H11F3O3/c1-2-18-11(17)9(12(13,14)15)10(16)8-6-4-3-5-7-8/h3-7,9H,2H2,1H3. The normalized spacial score (nSPS) is 12.9. The second-order valence-electron chi connectivity index (χ2n) is 3.46. The summed E-state index contributed by atoms with van der Waals surface area (Å²) in [5.41, 5.74) is -0.173. The summed E-state index contributed by atoms with van der Waals surface area (Å²) in [6.07, 6.45) is -4.96. The van der Waals surface area contributed by atoms with E-state index in [1.165, 1.54) is 31.2 Å². The van der Waals surface area contributed by atoms with Crippen molar-refractivity contribution in [3.8, 4) is 0 Å². The van der Waals surface area contributed by atoms with Crippen LogP contribution in [0.1, 0.15) is 17.3 Å². The third kappa shape index (κ3) is 3.32. The first kappa shape index (κ1) is 14.2. The molecule has 1 atom stereocenters. The van der Waals surface area contributed by atoms with E-state index in [4.69, 9.17) is 0 Å². The molecule has 0 N–H and O–H groups in total. The number of esters is 1. The minimum absolute atomic E-state index is 0.173. The van der Waals surface area contributed by atoms with Gasteiger partial charge in [0.05, 0.1) is 6.61 Å². The molecular formula is C12H11F3O3. The van der Waals surface area contributed by atoms with Crippen LogP contribution < -0.4 is 0 Å². The Morgan fingerprint density at radius 3 is 2.22 bits per heavy atom. The molecule has 0 radical (unpaired) electrons. The van der Waals surface area contributed by atoms with Crippen molar-refractivity contribution in [2.45, 2.75) is 13.1 Å². The summed E-state index contributed by atoms with van der Waals surface area (Å²) in [6, 6.07) is 6.85. The molecule has 0 aliphatic heterocycles. The van der Waals surface area contributed by atoms with E-state index < -0.39 is 23.8 Å². The van der Waals surface area contributed by atoms with E-state index in [9.17, 15) is 22.8 Å². The maximum Gasteiger partial charge on any atom is 0.409 e. The molecule has 0 amide bonds. The van der Waals surface area contributed by atoms with Gasteiger partial charge in [-0.15, -0.1) is 0 Å². The monoisotopic (exact) mass is 260 g/mol. The molecule has 0 bridgehead atoms. The van der Waals surface area contributed by atoms with Crippen molar-refractivity contribution in [1.82, 2.24) is 0 Å². The number of Topliss-reactive ketones (excluding diaryl/α,β-unsaturated/α-hetero) is 1. The highest BCUT2D eigenvalue weighted by Gasteiger charge is 2.51. The lowest BCUT2D eigenvalue weighted by Gasteiger charge is -2.17. The van der Waals surface area contributed by atoms with Crippen LogP contribution in [0.5, 0.6) is 0 Å². The largest absolute Gasteiger partial charge is 0.465 e. The molecule has 0 fully saturated rings. The Morgan fingerprint density at radius 1 is 1.22 bits per heavy atom. The van der Waals surface area contributed by atoms with Crippen LogP contribution in [0.15, 0.2) is 30.3 Å². The third-order valence-electron chi connectivity index (χ3n) is 2.17. The van der Waals surface area contributed by atoms with E-state index >= 15 is 0 Å². The number of ketones is 1. The van der Waals surface area contributed by atoms with Gasteiger partial charge in [-0.05, 0) is 6.92 Å². The van der Waals surface area contributed by atoms with E-state index in [-0.39, 0.29) is 12.2 Å². The van der Waals surface area contributed by atoms with Crippen molar-refractivity contribution in [2.24, 2.45) is 5.92 Å². The predicted molar refractivity (Wildman–Crippen MR) is 57.0 cm³/mol. The number of ether oxygens (including phenoxy) is 1. The Hall–Kier alpha value is -1.85. The van der Waals surface area contributed by atoms with Gasteiger partial charge >= 0.3 is 12.1 Å². The molecule has 0 saturated carbocycles. The molecule has 0 aromatic heterocycles. The number of alkyl halides is 3. The summed E-state index contributed by atoms with van der Waals surface area (Å²) in [5, 5.41) is 0. The fourth-order valence-electron chi connectivity index (χ4n) is 1.38.